The number of aromatic nitrogens is 1. The summed E-state index contributed by atoms with van der Waals surface area (Å²) in [5.41, 5.74) is 1.06. The lowest BCUT2D eigenvalue weighted by Gasteiger charge is -1.97. The first-order valence-corrected chi connectivity index (χ1v) is 8.76. The minimum atomic E-state index is -3.13. The van der Waals surface area contributed by atoms with Crippen LogP contribution in [0.3, 0.4) is 0 Å². The van der Waals surface area contributed by atoms with Crippen molar-refractivity contribution in [1.29, 1.82) is 0 Å². The normalized spacial score (nSPS) is 9.88. The van der Waals surface area contributed by atoms with Crippen LogP contribution in [-0.2, 0) is 4.57 Å². The van der Waals surface area contributed by atoms with Gasteiger partial charge in [0.15, 0.2) is 0 Å². The van der Waals surface area contributed by atoms with Gasteiger partial charge in [-0.1, -0.05) is 60.7 Å². The minimum absolute atomic E-state index is 0.350. The van der Waals surface area contributed by atoms with Crippen LogP contribution in [0.25, 0.3) is 21.7 Å². The first kappa shape index (κ1) is 18.6. The molecule has 3 aromatic carbocycles. The molecule has 1 aromatic heterocycles. The fourth-order valence-corrected chi connectivity index (χ4v) is 2.22. The summed E-state index contributed by atoms with van der Waals surface area (Å²) < 4.78 is 8.74. The van der Waals surface area contributed by atoms with Gasteiger partial charge < -0.3 is 14.9 Å². The molecule has 0 bridgehead atoms. The number of fused-ring (bicyclic) bond motifs is 2. The third kappa shape index (κ3) is 6.01. The van der Waals surface area contributed by atoms with Gasteiger partial charge in [0.1, 0.15) is 5.75 Å². The molecule has 0 atom stereocenters. The molecular weight excluding hydrogens is 337 g/mol. The van der Waals surface area contributed by atoms with Crippen LogP contribution in [0.15, 0.2) is 85.1 Å². The number of benzene rings is 3. The van der Waals surface area contributed by atoms with Crippen LogP contribution < -0.4 is 0 Å². The Morgan fingerprint density at radius 3 is 1.96 bits per heavy atom. The third-order valence-electron chi connectivity index (χ3n) is 3.28. The Morgan fingerprint density at radius 1 is 0.720 bits per heavy atom. The second-order valence-electron chi connectivity index (χ2n) is 4.98. The van der Waals surface area contributed by atoms with Crippen molar-refractivity contribution >= 4 is 29.9 Å². The van der Waals surface area contributed by atoms with Gasteiger partial charge in [0, 0.05) is 17.0 Å². The molecule has 0 aliphatic rings. The molecule has 5 nitrogen and oxygen atoms in total. The van der Waals surface area contributed by atoms with Gasteiger partial charge >= 0.3 is 8.25 Å². The van der Waals surface area contributed by atoms with Crippen LogP contribution in [-0.4, -0.2) is 19.9 Å². The Bertz CT molecular complexity index is 900. The monoisotopic (exact) mass is 355 g/mol. The second kappa shape index (κ2) is 9.55. The second-order valence-corrected chi connectivity index (χ2v) is 5.54. The molecule has 128 valence electrons. The van der Waals surface area contributed by atoms with Crippen molar-refractivity contribution in [2.75, 3.05) is 0 Å². The molecule has 3 N–H and O–H groups in total. The molecule has 4 rings (SSSR count). The highest BCUT2D eigenvalue weighted by Crippen LogP contribution is 2.22. The number of pyridine rings is 1. The summed E-state index contributed by atoms with van der Waals surface area (Å²) in [7, 11) is -3.13. The van der Waals surface area contributed by atoms with Crippen molar-refractivity contribution in [2.24, 2.45) is 0 Å². The Kier molecular flexibility index (Phi) is 7.11. The zero-order chi connectivity index (χ0) is 18.1. The van der Waals surface area contributed by atoms with E-state index in [-0.39, 0.29) is 0 Å². The van der Waals surface area contributed by atoms with Crippen molar-refractivity contribution in [3.8, 4) is 5.75 Å². The van der Waals surface area contributed by atoms with E-state index in [0.29, 0.717) is 5.75 Å². The van der Waals surface area contributed by atoms with Crippen LogP contribution in [0, 0.1) is 0 Å². The Labute approximate surface area is 145 Å². The molecule has 4 aromatic rings. The summed E-state index contributed by atoms with van der Waals surface area (Å²) in [6.07, 6.45) is 1.81. The van der Waals surface area contributed by atoms with Crippen LogP contribution in [0.5, 0.6) is 5.75 Å². The van der Waals surface area contributed by atoms with Crippen LogP contribution in [0.1, 0.15) is 0 Å². The van der Waals surface area contributed by atoms with Crippen LogP contribution in [0.4, 0.5) is 0 Å². The van der Waals surface area contributed by atoms with E-state index in [9.17, 15) is 5.11 Å². The highest BCUT2D eigenvalue weighted by atomic mass is 31.1. The van der Waals surface area contributed by atoms with Crippen molar-refractivity contribution < 1.29 is 19.5 Å². The number of aromatic hydroxyl groups is 1. The van der Waals surface area contributed by atoms with E-state index in [4.69, 9.17) is 14.4 Å². The number of phenolic OH excluding ortho intramolecular Hbond substituents is 1. The summed E-state index contributed by atoms with van der Waals surface area (Å²) >= 11 is 0. The van der Waals surface area contributed by atoms with E-state index in [1.165, 1.54) is 5.39 Å². The number of nitrogens with zero attached hydrogens (tertiary/aromatic N) is 1. The summed E-state index contributed by atoms with van der Waals surface area (Å²) in [6, 6.07) is 25.4. The number of para-hydroxylation sites is 1. The summed E-state index contributed by atoms with van der Waals surface area (Å²) in [5.74, 6) is 0.350. The maximum absolute atomic E-state index is 9.37. The topological polar surface area (TPSA) is 90.7 Å². The lowest BCUT2D eigenvalue weighted by Crippen LogP contribution is -1.73. The average molecular weight is 355 g/mol. The largest absolute Gasteiger partial charge is 0.507 e. The van der Waals surface area contributed by atoms with E-state index < -0.39 is 8.25 Å². The highest BCUT2D eigenvalue weighted by molar-refractivity contribution is 7.30. The molecular formula is C19H18NO4P. The maximum atomic E-state index is 9.37. The van der Waals surface area contributed by atoms with Gasteiger partial charge in [-0.05, 0) is 23.6 Å². The highest BCUT2D eigenvalue weighted by Gasteiger charge is 1.94. The number of rotatable bonds is 0. The lowest BCUT2D eigenvalue weighted by atomic mass is 10.1. The molecule has 0 unspecified atom stereocenters. The predicted octanol–water partition coefficient (Wildman–Crippen LogP) is 4.14. The molecule has 6 heteroatoms. The Morgan fingerprint density at radius 2 is 1.28 bits per heavy atom. The van der Waals surface area contributed by atoms with Gasteiger partial charge in [-0.15, -0.1) is 0 Å². The molecule has 0 fully saturated rings. The van der Waals surface area contributed by atoms with Crippen molar-refractivity contribution in [1.82, 2.24) is 4.98 Å². The molecule has 0 aliphatic carbocycles. The van der Waals surface area contributed by atoms with Gasteiger partial charge in [-0.25, -0.2) is 0 Å². The smallest absolute Gasteiger partial charge is 0.314 e. The molecule has 1 heterocycles. The summed E-state index contributed by atoms with van der Waals surface area (Å²) in [6.45, 7) is 0. The lowest BCUT2D eigenvalue weighted by molar-refractivity contribution is 0.405. The van der Waals surface area contributed by atoms with Crippen molar-refractivity contribution in [3.63, 3.8) is 0 Å². The maximum Gasteiger partial charge on any atom is 0.314 e. The van der Waals surface area contributed by atoms with Gasteiger partial charge in [0.2, 0.25) is 0 Å². The molecule has 0 amide bonds. The first-order chi connectivity index (χ1) is 12.1. The SMILES string of the molecule is O=[PH](O)O.Oc1cccc2ccccc12.c1ccc2ncccc2c1. The Hall–Kier alpha value is -2.72. The standard InChI is InChI=1S/C10H8O.C9H7N.H3O3P/c11-10-7-3-5-8-4-1-2-6-9(8)10;1-2-6-9-8(4-1)5-3-7-10-9;1-4(2)3/h1-7,11H;1-7H;4H,(H2,1,2,3). The predicted molar refractivity (Wildman–Crippen MR) is 101 cm³/mol. The van der Waals surface area contributed by atoms with E-state index in [2.05, 4.69) is 17.1 Å². The van der Waals surface area contributed by atoms with Gasteiger partial charge in [0.05, 0.1) is 5.52 Å². The van der Waals surface area contributed by atoms with E-state index >= 15 is 0 Å². The number of phenols is 1. The summed E-state index contributed by atoms with van der Waals surface area (Å²) in [4.78, 5) is 18.5. The van der Waals surface area contributed by atoms with Crippen molar-refractivity contribution in [3.05, 3.63) is 85.1 Å². The molecule has 0 saturated heterocycles. The first-order valence-electron chi connectivity index (χ1n) is 7.46. The van der Waals surface area contributed by atoms with Crippen LogP contribution in [0.2, 0.25) is 0 Å². The van der Waals surface area contributed by atoms with Gasteiger partial charge in [-0.3, -0.25) is 9.55 Å². The van der Waals surface area contributed by atoms with Gasteiger partial charge in [0.25, 0.3) is 0 Å². The van der Waals surface area contributed by atoms with E-state index in [0.717, 1.165) is 16.3 Å². The fourth-order valence-electron chi connectivity index (χ4n) is 2.22. The third-order valence-corrected chi connectivity index (χ3v) is 3.28. The summed E-state index contributed by atoms with van der Waals surface area (Å²) in [5, 5.41) is 12.6. The fraction of sp³-hybridized carbons (Fsp3) is 0. The molecule has 0 aliphatic heterocycles. The average Bonchev–Trinajstić information content (AvgIpc) is 2.62. The minimum Gasteiger partial charge on any atom is -0.507 e. The molecule has 0 saturated carbocycles. The van der Waals surface area contributed by atoms with E-state index in [1.807, 2.05) is 66.9 Å². The van der Waals surface area contributed by atoms with Crippen molar-refractivity contribution in [2.45, 2.75) is 0 Å². The quantitative estimate of drug-likeness (QED) is 0.412. The van der Waals surface area contributed by atoms with E-state index in [1.54, 1.807) is 6.07 Å². The zero-order valence-corrected chi connectivity index (χ0v) is 14.3. The van der Waals surface area contributed by atoms with Gasteiger partial charge in [-0.2, -0.15) is 0 Å². The van der Waals surface area contributed by atoms with Crippen LogP contribution >= 0.6 is 8.25 Å². The molecule has 0 radical (unpaired) electrons. The molecule has 0 spiro atoms. The number of hydrogen-bond donors (Lipinski definition) is 3. The number of hydrogen-bond acceptors (Lipinski definition) is 3. The zero-order valence-electron chi connectivity index (χ0n) is 13.3. The Balaban J connectivity index is 0.000000150. The molecule has 25 heavy (non-hydrogen) atoms.